The fourth-order valence-corrected chi connectivity index (χ4v) is 4.85. The number of hydrogen-bond donors (Lipinski definition) is 3. The van der Waals surface area contributed by atoms with Crippen LogP contribution in [0.25, 0.3) is 21.3 Å². The number of halogens is 1. The molecule has 3 aromatic carbocycles. The second kappa shape index (κ2) is 13.8. The molecule has 3 N–H and O–H groups in total. The van der Waals surface area contributed by atoms with Gasteiger partial charge in [0.1, 0.15) is 5.75 Å². The summed E-state index contributed by atoms with van der Waals surface area (Å²) in [5.41, 5.74) is 1.71. The smallest absolute Gasteiger partial charge is 0.335 e. The van der Waals surface area contributed by atoms with Gasteiger partial charge >= 0.3 is 11.7 Å². The van der Waals surface area contributed by atoms with E-state index in [4.69, 9.17) is 9.84 Å². The van der Waals surface area contributed by atoms with Gasteiger partial charge in [0, 0.05) is 32.8 Å². The predicted octanol–water partition coefficient (Wildman–Crippen LogP) is 4.58. The lowest BCUT2D eigenvalue weighted by Crippen LogP contribution is -2.36. The lowest BCUT2D eigenvalue weighted by atomic mass is 10.2. The number of aromatic carboxylic acids is 1. The molecule has 0 radical (unpaired) electrons. The molecule has 0 aliphatic carbocycles. The van der Waals surface area contributed by atoms with Gasteiger partial charge in [-0.2, -0.15) is 4.39 Å². The molecule has 0 atom stereocenters. The minimum Gasteiger partial charge on any atom is -0.494 e. The summed E-state index contributed by atoms with van der Waals surface area (Å²) in [5.74, 6) is -1.44. The highest BCUT2D eigenvalue weighted by molar-refractivity contribution is 7.22. The molecule has 0 spiro atoms. The second-order valence-electron chi connectivity index (χ2n) is 9.60. The molecule has 16 heteroatoms. The molecule has 45 heavy (non-hydrogen) atoms. The van der Waals surface area contributed by atoms with Crippen molar-refractivity contribution in [3.63, 3.8) is 0 Å². The van der Waals surface area contributed by atoms with Gasteiger partial charge in [0.2, 0.25) is 17.7 Å². The van der Waals surface area contributed by atoms with Gasteiger partial charge in [-0.3, -0.25) is 19.7 Å². The summed E-state index contributed by atoms with van der Waals surface area (Å²) in [5, 5.41) is 25.2. The van der Waals surface area contributed by atoms with Crippen molar-refractivity contribution in [3.8, 4) is 5.75 Å². The third kappa shape index (κ3) is 7.66. The number of carbonyl (C=O) groups is 3. The zero-order valence-electron chi connectivity index (χ0n) is 24.5. The van der Waals surface area contributed by atoms with E-state index in [1.807, 2.05) is 42.8 Å². The van der Waals surface area contributed by atoms with Crippen LogP contribution in [0.4, 0.5) is 21.2 Å². The highest BCUT2D eigenvalue weighted by Gasteiger charge is 2.17. The number of carboxylic acids is 1. The molecule has 0 saturated heterocycles. The number of carbonyl (C=O) groups excluding carboxylic acids is 2. The number of hydrogen-bond acceptors (Lipinski definition) is 10. The number of fused-ring (bicyclic) bond motifs is 2. The number of thiazole rings is 1. The molecule has 234 valence electrons. The van der Waals surface area contributed by atoms with Crippen molar-refractivity contribution in [1.29, 1.82) is 0 Å². The molecule has 14 nitrogen and oxygen atoms in total. The maximum absolute atomic E-state index is 12.6. The molecule has 2 amide bonds. The van der Waals surface area contributed by atoms with E-state index >= 15 is 0 Å². The lowest BCUT2D eigenvalue weighted by Gasteiger charge is -2.10. The Morgan fingerprint density at radius 3 is 2.47 bits per heavy atom. The fourth-order valence-electron chi connectivity index (χ4n) is 3.97. The third-order valence-electron chi connectivity index (χ3n) is 6.32. The number of rotatable bonds is 9. The summed E-state index contributed by atoms with van der Waals surface area (Å²) in [6, 6.07) is 13.5. The predicted molar refractivity (Wildman–Crippen MR) is 166 cm³/mol. The van der Waals surface area contributed by atoms with Crippen molar-refractivity contribution in [2.75, 3.05) is 32.6 Å². The van der Waals surface area contributed by atoms with Crippen molar-refractivity contribution < 1.29 is 33.5 Å². The Morgan fingerprint density at radius 2 is 1.80 bits per heavy atom. The lowest BCUT2D eigenvalue weighted by molar-refractivity contribution is -0.387. The number of imidazole rings is 1. The molecule has 0 saturated carbocycles. The van der Waals surface area contributed by atoms with E-state index < -0.39 is 22.4 Å². The van der Waals surface area contributed by atoms with Gasteiger partial charge in [0.15, 0.2) is 5.13 Å². The SMILES string of the molecule is CCOc1ccc2nc(Nc3nc4cc(C(=O)NCC(=O)N(C)C)ccc4n3C)sc2c1.O=C(O)c1ccc(F)c([N+](=O)[O-])c1. The number of aromatic nitrogens is 3. The number of carboxylic acid groups (broad SMARTS) is 1. The highest BCUT2D eigenvalue weighted by atomic mass is 32.1. The molecule has 2 heterocycles. The topological polar surface area (TPSA) is 182 Å². The summed E-state index contributed by atoms with van der Waals surface area (Å²) >= 11 is 1.51. The van der Waals surface area contributed by atoms with Crippen LogP contribution >= 0.6 is 11.3 Å². The van der Waals surface area contributed by atoms with E-state index in [9.17, 15) is 28.9 Å². The van der Waals surface area contributed by atoms with Crippen LogP contribution in [0.3, 0.4) is 0 Å². The number of nitrogens with zero attached hydrogens (tertiary/aromatic N) is 5. The Morgan fingerprint density at radius 1 is 1.07 bits per heavy atom. The number of anilines is 2. The van der Waals surface area contributed by atoms with Crippen molar-refractivity contribution in [2.45, 2.75) is 6.92 Å². The molecule has 0 aliphatic rings. The number of amides is 2. The van der Waals surface area contributed by atoms with E-state index in [1.165, 1.54) is 16.2 Å². The van der Waals surface area contributed by atoms with Gasteiger partial charge in [-0.1, -0.05) is 11.3 Å². The molecule has 2 aromatic heterocycles. The van der Waals surface area contributed by atoms with Crippen molar-refractivity contribution >= 4 is 67.1 Å². The number of aryl methyl sites for hydroxylation is 1. The number of nitro benzene ring substituents is 1. The Hall–Kier alpha value is -5.64. The number of ether oxygens (including phenoxy) is 1. The third-order valence-corrected chi connectivity index (χ3v) is 7.26. The number of benzene rings is 3. The number of nitro groups is 1. The highest BCUT2D eigenvalue weighted by Crippen LogP contribution is 2.31. The van der Waals surface area contributed by atoms with Gasteiger partial charge < -0.3 is 29.9 Å². The molecule has 0 aliphatic heterocycles. The van der Waals surface area contributed by atoms with Crippen LogP contribution in [0, 0.1) is 15.9 Å². The minimum absolute atomic E-state index is 0.0541. The molecular weight excluding hydrogens is 609 g/mol. The zero-order chi connectivity index (χ0) is 32.8. The first kappa shape index (κ1) is 32.3. The second-order valence-corrected chi connectivity index (χ2v) is 10.6. The Kier molecular flexibility index (Phi) is 9.88. The number of nitrogens with one attached hydrogen (secondary N) is 2. The average Bonchev–Trinajstić information content (AvgIpc) is 3.54. The molecular formula is C29H28FN7O7S. The molecule has 5 rings (SSSR count). The van der Waals surface area contributed by atoms with Gasteiger partial charge in [0.25, 0.3) is 5.91 Å². The zero-order valence-corrected chi connectivity index (χ0v) is 25.3. The molecule has 0 unspecified atom stereocenters. The summed E-state index contributed by atoms with van der Waals surface area (Å²) in [6.45, 7) is 2.51. The number of likely N-dealkylation sites (N-methyl/N-ethyl adjacent to an activating group) is 1. The van der Waals surface area contributed by atoms with Crippen LogP contribution in [0.15, 0.2) is 54.6 Å². The first-order chi connectivity index (χ1) is 21.4. The molecule has 0 bridgehead atoms. The maximum atomic E-state index is 12.6. The van der Waals surface area contributed by atoms with E-state index in [1.54, 1.807) is 26.2 Å². The van der Waals surface area contributed by atoms with E-state index in [0.717, 1.165) is 33.6 Å². The first-order valence-corrected chi connectivity index (χ1v) is 14.1. The normalized spacial score (nSPS) is 10.6. The van der Waals surface area contributed by atoms with Crippen molar-refractivity contribution in [3.05, 3.63) is 81.7 Å². The van der Waals surface area contributed by atoms with Crippen LogP contribution < -0.4 is 15.4 Å². The summed E-state index contributed by atoms with van der Waals surface area (Å²) in [4.78, 5) is 54.3. The first-order valence-electron chi connectivity index (χ1n) is 13.3. The van der Waals surface area contributed by atoms with Crippen LogP contribution in [-0.4, -0.2) is 74.5 Å². The Bertz CT molecular complexity index is 1920. The largest absolute Gasteiger partial charge is 0.494 e. The van der Waals surface area contributed by atoms with Crippen LogP contribution in [0.5, 0.6) is 5.75 Å². The van der Waals surface area contributed by atoms with E-state index in [2.05, 4.69) is 20.6 Å². The quantitative estimate of drug-likeness (QED) is 0.153. The van der Waals surface area contributed by atoms with Crippen molar-refractivity contribution in [1.82, 2.24) is 24.8 Å². The van der Waals surface area contributed by atoms with Crippen LogP contribution in [-0.2, 0) is 11.8 Å². The van der Waals surface area contributed by atoms with E-state index in [0.29, 0.717) is 34.8 Å². The van der Waals surface area contributed by atoms with Gasteiger partial charge in [-0.15, -0.1) is 0 Å². The minimum atomic E-state index is -1.33. The monoisotopic (exact) mass is 637 g/mol. The van der Waals surface area contributed by atoms with Crippen LogP contribution in [0.2, 0.25) is 0 Å². The maximum Gasteiger partial charge on any atom is 0.335 e. The Balaban J connectivity index is 0.000000297. The summed E-state index contributed by atoms with van der Waals surface area (Å²) < 4.78 is 21.1. The summed E-state index contributed by atoms with van der Waals surface area (Å²) in [7, 11) is 5.19. The fraction of sp³-hybridized carbons (Fsp3) is 0.207. The van der Waals surface area contributed by atoms with Crippen molar-refractivity contribution in [2.24, 2.45) is 7.05 Å². The van der Waals surface area contributed by atoms with Crippen LogP contribution in [0.1, 0.15) is 27.6 Å². The Labute approximate surface area is 259 Å². The average molecular weight is 638 g/mol. The van der Waals surface area contributed by atoms with Gasteiger partial charge in [-0.05, 0) is 55.5 Å². The summed E-state index contributed by atoms with van der Waals surface area (Å²) in [6.07, 6.45) is 0. The standard InChI is InChI=1S/C22H24N6O3S.C7H4FNO4/c1-5-31-14-7-8-15-18(11-14)32-22(25-15)26-21-24-16-10-13(6-9-17(16)28(21)4)20(30)23-12-19(29)27(2)3;8-5-2-1-4(7(10)11)3-6(5)9(12)13/h6-11H,5,12H2,1-4H3,(H,23,30)(H,24,25,26);1-3H,(H,10,11). The molecule has 0 fully saturated rings. The van der Waals surface area contributed by atoms with E-state index in [-0.39, 0.29) is 23.9 Å². The van der Waals surface area contributed by atoms with Gasteiger partial charge in [0.05, 0.1) is 44.9 Å². The van der Waals surface area contributed by atoms with Gasteiger partial charge in [-0.25, -0.2) is 14.8 Å². The molecule has 5 aromatic rings.